The van der Waals surface area contributed by atoms with Crippen LogP contribution >= 0.6 is 11.8 Å². The summed E-state index contributed by atoms with van der Waals surface area (Å²) in [7, 11) is 0. The molecule has 2 rings (SSSR count). The van der Waals surface area contributed by atoms with Crippen LogP contribution in [0.1, 0.15) is 13.8 Å². The van der Waals surface area contributed by atoms with E-state index in [2.05, 4.69) is 25.2 Å². The summed E-state index contributed by atoms with van der Waals surface area (Å²) in [6, 6.07) is 0.268. The van der Waals surface area contributed by atoms with Crippen molar-refractivity contribution in [2.45, 2.75) is 20.0 Å². The van der Waals surface area contributed by atoms with Crippen molar-refractivity contribution in [1.29, 1.82) is 0 Å². The van der Waals surface area contributed by atoms with Crippen LogP contribution in [0.4, 0.5) is 11.9 Å². The zero-order valence-corrected chi connectivity index (χ0v) is 12.8. The van der Waals surface area contributed by atoms with Crippen molar-refractivity contribution in [1.82, 2.24) is 19.9 Å². The van der Waals surface area contributed by atoms with Crippen LogP contribution in [0.25, 0.3) is 0 Å². The Morgan fingerprint density at radius 2 is 2.05 bits per heavy atom. The molecular weight excluding hydrogens is 276 g/mol. The zero-order valence-electron chi connectivity index (χ0n) is 12.0. The van der Waals surface area contributed by atoms with Crippen molar-refractivity contribution in [2.75, 3.05) is 48.7 Å². The van der Waals surface area contributed by atoms with Crippen molar-refractivity contribution >= 4 is 23.7 Å². The molecule has 0 aromatic carbocycles. The molecule has 0 unspecified atom stereocenters. The van der Waals surface area contributed by atoms with Crippen LogP contribution in [0, 0.1) is 0 Å². The molecule has 112 valence electrons. The first kappa shape index (κ1) is 15.1. The van der Waals surface area contributed by atoms with Crippen molar-refractivity contribution in [3.63, 3.8) is 0 Å². The Hall–Kier alpha value is -1.28. The largest absolute Gasteiger partial charge is 0.461 e. The predicted molar refractivity (Wildman–Crippen MR) is 82.3 cm³/mol. The quantitative estimate of drug-likeness (QED) is 0.793. The lowest BCUT2D eigenvalue weighted by Crippen LogP contribution is -2.36. The highest BCUT2D eigenvalue weighted by molar-refractivity contribution is 7.99. The van der Waals surface area contributed by atoms with Gasteiger partial charge in [0.05, 0.1) is 6.10 Å². The lowest BCUT2D eigenvalue weighted by atomic mass is 10.4. The van der Waals surface area contributed by atoms with Gasteiger partial charge in [0.2, 0.25) is 11.9 Å². The van der Waals surface area contributed by atoms with Crippen molar-refractivity contribution in [3.8, 4) is 6.01 Å². The number of nitrogens with two attached hydrogens (primary N) is 1. The summed E-state index contributed by atoms with van der Waals surface area (Å²) in [6.45, 7) is 7.89. The normalized spacial score (nSPS) is 16.4. The fourth-order valence-electron chi connectivity index (χ4n) is 1.87. The number of thioether (sulfide) groups is 1. The van der Waals surface area contributed by atoms with E-state index < -0.39 is 0 Å². The number of hydrogen-bond donors (Lipinski definition) is 2. The fourth-order valence-corrected chi connectivity index (χ4v) is 2.84. The molecule has 1 fully saturated rings. The standard InChI is InChI=1S/C12H22N6OS/c1-9(2)19-12-16-10(13)15-11(17-12)14-3-4-18-5-7-20-8-6-18/h9H,3-8H2,1-2H3,(H3,13,14,15,16,17). The summed E-state index contributed by atoms with van der Waals surface area (Å²) < 4.78 is 5.44. The van der Waals surface area contributed by atoms with Crippen LogP contribution < -0.4 is 15.8 Å². The highest BCUT2D eigenvalue weighted by Crippen LogP contribution is 2.11. The Labute approximate surface area is 123 Å². The zero-order chi connectivity index (χ0) is 14.4. The van der Waals surface area contributed by atoms with Gasteiger partial charge in [0.25, 0.3) is 0 Å². The van der Waals surface area contributed by atoms with E-state index in [1.54, 1.807) is 0 Å². The highest BCUT2D eigenvalue weighted by atomic mass is 32.2. The van der Waals surface area contributed by atoms with E-state index in [4.69, 9.17) is 10.5 Å². The van der Waals surface area contributed by atoms with Crippen molar-refractivity contribution < 1.29 is 4.74 Å². The molecule has 0 radical (unpaired) electrons. The maximum atomic E-state index is 5.65. The van der Waals surface area contributed by atoms with Gasteiger partial charge in [-0.3, -0.25) is 4.90 Å². The van der Waals surface area contributed by atoms with E-state index in [0.29, 0.717) is 5.95 Å². The molecule has 0 spiro atoms. The Morgan fingerprint density at radius 1 is 1.30 bits per heavy atom. The van der Waals surface area contributed by atoms with Crippen LogP contribution in [0.5, 0.6) is 6.01 Å². The van der Waals surface area contributed by atoms with E-state index >= 15 is 0 Å². The molecule has 1 aromatic rings. The van der Waals surface area contributed by atoms with Crippen LogP contribution in [0.3, 0.4) is 0 Å². The molecule has 1 aliphatic heterocycles. The number of ether oxygens (including phenoxy) is 1. The second kappa shape index (κ2) is 7.49. The van der Waals surface area contributed by atoms with Gasteiger partial charge in [0.15, 0.2) is 0 Å². The van der Waals surface area contributed by atoms with Gasteiger partial charge in [0, 0.05) is 37.7 Å². The minimum absolute atomic E-state index is 0.00972. The van der Waals surface area contributed by atoms with E-state index in [1.165, 1.54) is 11.5 Å². The first-order valence-electron chi connectivity index (χ1n) is 6.85. The van der Waals surface area contributed by atoms with Crippen LogP contribution in [-0.4, -0.2) is 63.6 Å². The molecule has 0 saturated carbocycles. The number of nitrogens with one attached hydrogen (secondary N) is 1. The average Bonchev–Trinajstić information content (AvgIpc) is 2.38. The summed E-state index contributed by atoms with van der Waals surface area (Å²) in [5.41, 5.74) is 5.65. The van der Waals surface area contributed by atoms with Gasteiger partial charge in [-0.2, -0.15) is 26.7 Å². The monoisotopic (exact) mass is 298 g/mol. The lowest BCUT2D eigenvalue weighted by molar-refractivity contribution is 0.222. The van der Waals surface area contributed by atoms with Gasteiger partial charge in [-0.25, -0.2) is 0 Å². The summed E-state index contributed by atoms with van der Waals surface area (Å²) in [6.07, 6.45) is 0.00972. The number of rotatable bonds is 6. The average molecular weight is 298 g/mol. The Kier molecular flexibility index (Phi) is 5.66. The van der Waals surface area contributed by atoms with E-state index in [-0.39, 0.29) is 18.1 Å². The summed E-state index contributed by atoms with van der Waals surface area (Å²) in [5, 5.41) is 3.18. The van der Waals surface area contributed by atoms with E-state index in [9.17, 15) is 0 Å². The lowest BCUT2D eigenvalue weighted by Gasteiger charge is -2.25. The number of hydrogen-bond acceptors (Lipinski definition) is 8. The molecule has 0 amide bonds. The van der Waals surface area contributed by atoms with Gasteiger partial charge in [-0.05, 0) is 13.8 Å². The minimum atomic E-state index is 0.00972. The van der Waals surface area contributed by atoms with Crippen LogP contribution in [-0.2, 0) is 0 Å². The second-order valence-corrected chi connectivity index (χ2v) is 6.07. The summed E-state index contributed by atoms with van der Waals surface area (Å²) in [4.78, 5) is 14.6. The van der Waals surface area contributed by atoms with Crippen molar-refractivity contribution in [2.24, 2.45) is 0 Å². The van der Waals surface area contributed by atoms with Gasteiger partial charge in [-0.15, -0.1) is 0 Å². The molecule has 7 nitrogen and oxygen atoms in total. The van der Waals surface area contributed by atoms with Crippen LogP contribution in [0.2, 0.25) is 0 Å². The van der Waals surface area contributed by atoms with E-state index in [0.717, 1.165) is 26.2 Å². The number of anilines is 2. The molecule has 20 heavy (non-hydrogen) atoms. The number of nitrogen functional groups attached to an aromatic ring is 1. The second-order valence-electron chi connectivity index (χ2n) is 4.85. The first-order chi connectivity index (χ1) is 9.63. The van der Waals surface area contributed by atoms with E-state index in [1.807, 2.05) is 25.6 Å². The van der Waals surface area contributed by atoms with Gasteiger partial charge in [0.1, 0.15) is 0 Å². The maximum Gasteiger partial charge on any atom is 0.323 e. The first-order valence-corrected chi connectivity index (χ1v) is 8.01. The van der Waals surface area contributed by atoms with Gasteiger partial charge < -0.3 is 15.8 Å². The predicted octanol–water partition coefficient (Wildman–Crippen LogP) is 0.702. The smallest absolute Gasteiger partial charge is 0.323 e. The minimum Gasteiger partial charge on any atom is -0.461 e. The highest BCUT2D eigenvalue weighted by Gasteiger charge is 2.10. The SMILES string of the molecule is CC(C)Oc1nc(N)nc(NCCN2CCSCC2)n1. The fraction of sp³-hybridized carbons (Fsp3) is 0.750. The third kappa shape index (κ3) is 5.01. The molecule has 1 saturated heterocycles. The molecule has 0 aliphatic carbocycles. The maximum absolute atomic E-state index is 5.65. The number of aromatic nitrogens is 3. The molecule has 8 heteroatoms. The topological polar surface area (TPSA) is 89.2 Å². The van der Waals surface area contributed by atoms with Gasteiger partial charge >= 0.3 is 6.01 Å². The summed E-state index contributed by atoms with van der Waals surface area (Å²) >= 11 is 2.01. The number of nitrogens with zero attached hydrogens (tertiary/aromatic N) is 4. The van der Waals surface area contributed by atoms with Crippen LogP contribution in [0.15, 0.2) is 0 Å². The molecular formula is C12H22N6OS. The summed E-state index contributed by atoms with van der Waals surface area (Å²) in [5.74, 6) is 3.07. The van der Waals surface area contributed by atoms with Gasteiger partial charge in [-0.1, -0.05) is 0 Å². The molecule has 0 bridgehead atoms. The molecule has 3 N–H and O–H groups in total. The third-order valence-corrected chi connectivity index (χ3v) is 3.73. The van der Waals surface area contributed by atoms with Crippen molar-refractivity contribution in [3.05, 3.63) is 0 Å². The Bertz CT molecular complexity index is 424. The molecule has 2 heterocycles. The molecule has 1 aliphatic rings. The molecule has 0 atom stereocenters. The third-order valence-electron chi connectivity index (χ3n) is 2.79. The Morgan fingerprint density at radius 3 is 2.75 bits per heavy atom. The Balaban J connectivity index is 1.83. The molecule has 1 aromatic heterocycles.